The Bertz CT molecular complexity index is 805. The third kappa shape index (κ3) is 3.15. The van der Waals surface area contributed by atoms with Crippen LogP contribution < -0.4 is 10.2 Å². The molecule has 3 aliphatic heterocycles. The van der Waals surface area contributed by atoms with E-state index in [1.165, 1.54) is 6.92 Å². The van der Waals surface area contributed by atoms with Gasteiger partial charge in [0.25, 0.3) is 0 Å². The molecule has 8 heteroatoms. The lowest BCUT2D eigenvalue weighted by Gasteiger charge is -2.32. The van der Waals surface area contributed by atoms with Crippen LogP contribution in [-0.4, -0.2) is 75.4 Å². The number of piperazine rings is 1. The van der Waals surface area contributed by atoms with E-state index >= 15 is 0 Å². The van der Waals surface area contributed by atoms with E-state index in [1.54, 1.807) is 21.3 Å². The molecular formula is C18H26N4O3S. The summed E-state index contributed by atoms with van der Waals surface area (Å²) in [5.41, 5.74) is 1.79. The maximum Gasteiger partial charge on any atom is 0.243 e. The second-order valence-electron chi connectivity index (χ2n) is 7.30. The number of rotatable bonds is 3. The van der Waals surface area contributed by atoms with Crippen LogP contribution in [0, 0.1) is 0 Å². The summed E-state index contributed by atoms with van der Waals surface area (Å²) in [7, 11) is -3.53. The fourth-order valence-corrected chi connectivity index (χ4v) is 5.78. The molecule has 1 amide bonds. The molecule has 0 bridgehead atoms. The molecule has 1 N–H and O–H groups in total. The average molecular weight is 378 g/mol. The first-order valence-electron chi connectivity index (χ1n) is 9.33. The minimum absolute atomic E-state index is 0.0433. The molecule has 2 saturated heterocycles. The monoisotopic (exact) mass is 378 g/mol. The van der Waals surface area contributed by atoms with Gasteiger partial charge in [-0.2, -0.15) is 4.31 Å². The number of carbonyl (C=O) groups is 1. The molecule has 7 nitrogen and oxygen atoms in total. The van der Waals surface area contributed by atoms with Crippen molar-refractivity contribution in [1.29, 1.82) is 0 Å². The van der Waals surface area contributed by atoms with Crippen LogP contribution in [0.3, 0.4) is 0 Å². The molecule has 2 fully saturated rings. The van der Waals surface area contributed by atoms with Gasteiger partial charge in [0.1, 0.15) is 0 Å². The summed E-state index contributed by atoms with van der Waals surface area (Å²) in [5, 5.41) is 3.34. The van der Waals surface area contributed by atoms with Gasteiger partial charge in [-0.1, -0.05) is 6.07 Å². The van der Waals surface area contributed by atoms with E-state index in [9.17, 15) is 13.2 Å². The van der Waals surface area contributed by atoms with Gasteiger partial charge < -0.3 is 10.2 Å². The Labute approximate surface area is 155 Å². The predicted molar refractivity (Wildman–Crippen MR) is 99.8 cm³/mol. The Balaban J connectivity index is 1.54. The van der Waals surface area contributed by atoms with Crippen LogP contribution in [-0.2, 0) is 21.2 Å². The highest BCUT2D eigenvalue weighted by Crippen LogP contribution is 2.32. The summed E-state index contributed by atoms with van der Waals surface area (Å²) in [6.45, 7) is 7.15. The molecule has 0 aromatic heterocycles. The molecular weight excluding hydrogens is 352 g/mol. The van der Waals surface area contributed by atoms with Crippen molar-refractivity contribution in [2.24, 2.45) is 0 Å². The zero-order valence-electron chi connectivity index (χ0n) is 15.1. The third-order valence-corrected chi connectivity index (χ3v) is 7.63. The van der Waals surface area contributed by atoms with Crippen LogP contribution in [0.1, 0.15) is 18.9 Å². The number of fused-ring (bicyclic) bond motifs is 1. The number of hydrogen-bond acceptors (Lipinski definition) is 5. The maximum atomic E-state index is 13.1. The van der Waals surface area contributed by atoms with Gasteiger partial charge in [-0.15, -0.1) is 0 Å². The zero-order valence-corrected chi connectivity index (χ0v) is 16.0. The maximum absolute atomic E-state index is 13.1. The molecule has 1 unspecified atom stereocenters. The number of benzene rings is 1. The Kier molecular flexibility index (Phi) is 4.77. The number of anilines is 1. The summed E-state index contributed by atoms with van der Waals surface area (Å²) < 4.78 is 27.9. The van der Waals surface area contributed by atoms with E-state index in [-0.39, 0.29) is 5.91 Å². The van der Waals surface area contributed by atoms with Gasteiger partial charge in [-0.05, 0) is 30.5 Å². The summed E-state index contributed by atoms with van der Waals surface area (Å²) in [4.78, 5) is 16.2. The molecule has 1 aromatic carbocycles. The van der Waals surface area contributed by atoms with Crippen molar-refractivity contribution in [2.45, 2.75) is 30.7 Å². The van der Waals surface area contributed by atoms with Crippen LogP contribution in [0.25, 0.3) is 0 Å². The number of nitrogens with zero attached hydrogens (tertiary/aromatic N) is 3. The quantitative estimate of drug-likeness (QED) is 0.817. The first-order chi connectivity index (χ1) is 12.5. The van der Waals surface area contributed by atoms with Gasteiger partial charge in [0.2, 0.25) is 15.9 Å². The lowest BCUT2D eigenvalue weighted by atomic mass is 10.2. The van der Waals surface area contributed by atoms with Gasteiger partial charge in [0.05, 0.1) is 4.90 Å². The van der Waals surface area contributed by atoms with Crippen LogP contribution >= 0.6 is 0 Å². The third-order valence-electron chi connectivity index (χ3n) is 5.76. The predicted octanol–water partition coefficient (Wildman–Crippen LogP) is 0.264. The Morgan fingerprint density at radius 2 is 1.92 bits per heavy atom. The van der Waals surface area contributed by atoms with Crippen molar-refractivity contribution in [3.8, 4) is 0 Å². The van der Waals surface area contributed by atoms with E-state index in [2.05, 4.69) is 10.2 Å². The molecule has 26 heavy (non-hydrogen) atoms. The lowest BCUT2D eigenvalue weighted by Crippen LogP contribution is -2.49. The fraction of sp³-hybridized carbons (Fsp3) is 0.611. The zero-order chi connectivity index (χ0) is 18.3. The molecule has 142 valence electrons. The van der Waals surface area contributed by atoms with Crippen molar-refractivity contribution >= 4 is 21.6 Å². The number of carbonyl (C=O) groups excluding carboxylic acids is 1. The highest BCUT2D eigenvalue weighted by atomic mass is 32.2. The van der Waals surface area contributed by atoms with Gasteiger partial charge in [-0.25, -0.2) is 8.42 Å². The highest BCUT2D eigenvalue weighted by Gasteiger charge is 2.36. The topological polar surface area (TPSA) is 73.0 Å². The van der Waals surface area contributed by atoms with E-state index < -0.39 is 10.0 Å². The second-order valence-corrected chi connectivity index (χ2v) is 9.24. The van der Waals surface area contributed by atoms with Crippen molar-refractivity contribution in [2.75, 3.05) is 50.7 Å². The lowest BCUT2D eigenvalue weighted by molar-refractivity contribution is -0.116. The molecule has 0 saturated carbocycles. The first-order valence-corrected chi connectivity index (χ1v) is 10.8. The largest absolute Gasteiger partial charge is 0.314 e. The van der Waals surface area contributed by atoms with Crippen LogP contribution in [0.2, 0.25) is 0 Å². The molecule has 3 aliphatic rings. The minimum atomic E-state index is -3.53. The Morgan fingerprint density at radius 3 is 2.65 bits per heavy atom. The van der Waals surface area contributed by atoms with Crippen molar-refractivity contribution in [3.05, 3.63) is 23.8 Å². The Hall–Kier alpha value is -1.48. The van der Waals surface area contributed by atoms with Crippen LogP contribution in [0.15, 0.2) is 23.1 Å². The summed E-state index contributed by atoms with van der Waals surface area (Å²) in [5.74, 6) is -0.0433. The molecule has 0 spiro atoms. The van der Waals surface area contributed by atoms with E-state index in [0.29, 0.717) is 30.6 Å². The summed E-state index contributed by atoms with van der Waals surface area (Å²) in [6, 6.07) is 5.53. The van der Waals surface area contributed by atoms with Crippen molar-refractivity contribution in [3.63, 3.8) is 0 Å². The first kappa shape index (κ1) is 17.9. The van der Waals surface area contributed by atoms with E-state index in [1.807, 2.05) is 6.07 Å². The van der Waals surface area contributed by atoms with Gasteiger partial charge in [-0.3, -0.25) is 9.69 Å². The van der Waals surface area contributed by atoms with Gasteiger partial charge in [0.15, 0.2) is 0 Å². The molecule has 0 aliphatic carbocycles. The summed E-state index contributed by atoms with van der Waals surface area (Å²) in [6.07, 6.45) is 1.66. The van der Waals surface area contributed by atoms with Crippen LogP contribution in [0.5, 0.6) is 0 Å². The highest BCUT2D eigenvalue weighted by molar-refractivity contribution is 7.89. The molecule has 0 radical (unpaired) electrons. The molecule has 1 atom stereocenters. The molecule has 1 aromatic rings. The SMILES string of the molecule is CC(=O)N1CCc2ccc(S(=O)(=O)N3CCC(N4CCNCC4)C3)cc21. The van der Waals surface area contributed by atoms with Crippen molar-refractivity contribution < 1.29 is 13.2 Å². The smallest absolute Gasteiger partial charge is 0.243 e. The number of hydrogen-bond donors (Lipinski definition) is 1. The molecule has 4 rings (SSSR count). The minimum Gasteiger partial charge on any atom is -0.314 e. The number of sulfonamides is 1. The van der Waals surface area contributed by atoms with Gasteiger partial charge in [0, 0.05) is 64.5 Å². The van der Waals surface area contributed by atoms with Crippen molar-refractivity contribution in [1.82, 2.24) is 14.5 Å². The van der Waals surface area contributed by atoms with Crippen LogP contribution in [0.4, 0.5) is 5.69 Å². The summed E-state index contributed by atoms with van der Waals surface area (Å²) >= 11 is 0. The van der Waals surface area contributed by atoms with E-state index in [4.69, 9.17) is 0 Å². The second kappa shape index (κ2) is 6.92. The molecule has 3 heterocycles. The van der Waals surface area contributed by atoms with E-state index in [0.717, 1.165) is 50.3 Å². The van der Waals surface area contributed by atoms with Gasteiger partial charge >= 0.3 is 0 Å². The number of nitrogens with one attached hydrogen (secondary N) is 1. The standard InChI is InChI=1S/C18H26N4O3S/c1-14(23)22-9-4-15-2-3-17(12-18(15)22)26(24,25)21-8-5-16(13-21)20-10-6-19-7-11-20/h2-3,12,16,19H,4-11,13H2,1H3. The average Bonchev–Trinajstić information content (AvgIpc) is 3.29. The number of amides is 1. The normalized spacial score (nSPS) is 24.8. The Morgan fingerprint density at radius 1 is 1.15 bits per heavy atom. The fourth-order valence-electron chi connectivity index (χ4n) is 4.27.